The number of fused-ring (bicyclic) bond motifs is 1. The molecule has 3 rings (SSSR count). The van der Waals surface area contributed by atoms with Crippen molar-refractivity contribution in [3.05, 3.63) is 47.5 Å². The average molecular weight is 245 g/mol. The molecule has 3 nitrogen and oxygen atoms in total. The van der Waals surface area contributed by atoms with E-state index in [1.165, 1.54) is 0 Å². The van der Waals surface area contributed by atoms with Crippen molar-refractivity contribution in [3.8, 4) is 11.5 Å². The highest BCUT2D eigenvalue weighted by Gasteiger charge is 2.12. The van der Waals surface area contributed by atoms with E-state index in [2.05, 4.69) is 4.98 Å². The smallest absolute Gasteiger partial charge is 0.229 e. The number of nitrogen functional groups attached to an aromatic ring is 1. The van der Waals surface area contributed by atoms with E-state index >= 15 is 0 Å². The van der Waals surface area contributed by atoms with Crippen molar-refractivity contribution in [2.24, 2.45) is 0 Å². The third-order valence-corrected chi connectivity index (χ3v) is 2.86. The van der Waals surface area contributed by atoms with Gasteiger partial charge >= 0.3 is 0 Å². The van der Waals surface area contributed by atoms with Crippen molar-refractivity contribution in [2.75, 3.05) is 5.73 Å². The molecule has 0 aliphatic carbocycles. The molecule has 4 heteroatoms. The molecule has 0 aliphatic rings. The third kappa shape index (κ3) is 1.65. The number of benzene rings is 2. The lowest BCUT2D eigenvalue weighted by Gasteiger charge is -1.98. The molecule has 2 N–H and O–H groups in total. The van der Waals surface area contributed by atoms with Crippen LogP contribution in [-0.2, 0) is 0 Å². The first-order valence-corrected chi connectivity index (χ1v) is 5.53. The van der Waals surface area contributed by atoms with E-state index in [0.717, 1.165) is 11.1 Å². The van der Waals surface area contributed by atoms with E-state index in [0.29, 0.717) is 22.2 Å². The minimum atomic E-state index is 0.492. The van der Waals surface area contributed by atoms with Crippen LogP contribution in [0.3, 0.4) is 0 Å². The number of aromatic nitrogens is 1. The summed E-state index contributed by atoms with van der Waals surface area (Å²) in [6.45, 7) is 0. The summed E-state index contributed by atoms with van der Waals surface area (Å²) in [5, 5.41) is 0.552. The zero-order valence-corrected chi connectivity index (χ0v) is 9.61. The molecule has 2 aromatic carbocycles. The van der Waals surface area contributed by atoms with Crippen LogP contribution in [0.25, 0.3) is 22.6 Å². The molecule has 0 atom stereocenters. The fourth-order valence-corrected chi connectivity index (χ4v) is 1.93. The molecule has 17 heavy (non-hydrogen) atoms. The Balaban J connectivity index is 2.26. The quantitative estimate of drug-likeness (QED) is 0.664. The number of hydrogen-bond donors (Lipinski definition) is 1. The van der Waals surface area contributed by atoms with Crippen LogP contribution in [0.15, 0.2) is 46.9 Å². The molecule has 0 unspecified atom stereocenters. The summed E-state index contributed by atoms with van der Waals surface area (Å²) in [6.07, 6.45) is 0. The largest absolute Gasteiger partial charge is 0.434 e. The predicted molar refractivity (Wildman–Crippen MR) is 68.9 cm³/mol. The number of nitrogens with two attached hydrogens (primary N) is 1. The van der Waals surface area contributed by atoms with Gasteiger partial charge in [-0.25, -0.2) is 4.98 Å². The van der Waals surface area contributed by atoms with Crippen LogP contribution >= 0.6 is 11.6 Å². The van der Waals surface area contributed by atoms with Gasteiger partial charge in [0.2, 0.25) is 5.89 Å². The molecule has 1 heterocycles. The first kappa shape index (κ1) is 10.2. The zero-order valence-electron chi connectivity index (χ0n) is 8.85. The molecule has 0 amide bonds. The highest BCUT2D eigenvalue weighted by molar-refractivity contribution is 6.34. The number of hydrogen-bond acceptors (Lipinski definition) is 3. The van der Waals surface area contributed by atoms with Gasteiger partial charge < -0.3 is 10.2 Å². The van der Waals surface area contributed by atoms with Crippen molar-refractivity contribution in [2.45, 2.75) is 0 Å². The molecule has 0 saturated heterocycles. The lowest BCUT2D eigenvalue weighted by atomic mass is 10.2. The summed E-state index contributed by atoms with van der Waals surface area (Å²) in [5.41, 5.74) is 8.61. The van der Waals surface area contributed by atoms with Gasteiger partial charge in [-0.2, -0.15) is 0 Å². The number of rotatable bonds is 1. The molecular formula is C13H9ClN2O. The van der Waals surface area contributed by atoms with Gasteiger partial charge in [-0.1, -0.05) is 29.8 Å². The summed E-state index contributed by atoms with van der Waals surface area (Å²) in [5.74, 6) is 0.492. The molecule has 0 spiro atoms. The van der Waals surface area contributed by atoms with Crippen LogP contribution in [0.4, 0.5) is 5.69 Å². The van der Waals surface area contributed by atoms with E-state index in [1.807, 2.05) is 36.4 Å². The summed E-state index contributed by atoms with van der Waals surface area (Å²) in [6, 6.07) is 12.9. The fourth-order valence-electron chi connectivity index (χ4n) is 1.72. The minimum absolute atomic E-state index is 0.492. The van der Waals surface area contributed by atoms with Crippen molar-refractivity contribution in [1.82, 2.24) is 4.98 Å². The number of nitrogens with zero attached hydrogens (tertiary/aromatic N) is 1. The highest BCUT2D eigenvalue weighted by Crippen LogP contribution is 2.31. The maximum Gasteiger partial charge on any atom is 0.229 e. The summed E-state index contributed by atoms with van der Waals surface area (Å²) < 4.78 is 5.64. The van der Waals surface area contributed by atoms with Crippen LogP contribution in [-0.4, -0.2) is 4.98 Å². The summed E-state index contributed by atoms with van der Waals surface area (Å²) in [7, 11) is 0. The van der Waals surface area contributed by atoms with Crippen LogP contribution < -0.4 is 5.73 Å². The van der Waals surface area contributed by atoms with E-state index in [4.69, 9.17) is 21.8 Å². The molecule has 0 saturated carbocycles. The van der Waals surface area contributed by atoms with Crippen LogP contribution in [0, 0.1) is 0 Å². The molecule has 84 valence electrons. The Morgan fingerprint density at radius 1 is 1.06 bits per heavy atom. The monoisotopic (exact) mass is 244 g/mol. The summed E-state index contributed by atoms with van der Waals surface area (Å²) >= 11 is 6.03. The van der Waals surface area contributed by atoms with E-state index in [1.54, 1.807) is 6.07 Å². The van der Waals surface area contributed by atoms with Gasteiger partial charge in [0, 0.05) is 5.69 Å². The predicted octanol–water partition coefficient (Wildman–Crippen LogP) is 3.73. The topological polar surface area (TPSA) is 52.0 Å². The Morgan fingerprint density at radius 2 is 1.88 bits per heavy atom. The van der Waals surface area contributed by atoms with Gasteiger partial charge in [-0.15, -0.1) is 0 Å². The van der Waals surface area contributed by atoms with Crippen molar-refractivity contribution in [3.63, 3.8) is 0 Å². The first-order chi connectivity index (χ1) is 8.25. The van der Waals surface area contributed by atoms with Gasteiger partial charge in [-0.05, 0) is 24.3 Å². The molecule has 0 bridgehead atoms. The van der Waals surface area contributed by atoms with Gasteiger partial charge in [0.1, 0.15) is 5.52 Å². The number of oxazole rings is 1. The number of para-hydroxylation sites is 2. The zero-order chi connectivity index (χ0) is 11.8. The second kappa shape index (κ2) is 3.79. The molecular weight excluding hydrogens is 236 g/mol. The minimum Gasteiger partial charge on any atom is -0.434 e. The normalized spacial score (nSPS) is 10.9. The maximum absolute atomic E-state index is 6.03. The van der Waals surface area contributed by atoms with E-state index in [-0.39, 0.29) is 0 Å². The SMILES string of the molecule is Nc1ccccc1-c1nc2cccc(Cl)c2o1. The Hall–Kier alpha value is -2.00. The van der Waals surface area contributed by atoms with Gasteiger partial charge in [0.25, 0.3) is 0 Å². The lowest BCUT2D eigenvalue weighted by Crippen LogP contribution is -1.88. The number of halogens is 1. The fraction of sp³-hybridized carbons (Fsp3) is 0. The lowest BCUT2D eigenvalue weighted by molar-refractivity contribution is 0.620. The molecule has 3 aromatic rings. The Bertz CT molecular complexity index is 691. The van der Waals surface area contributed by atoms with Crippen molar-refractivity contribution < 1.29 is 4.42 Å². The van der Waals surface area contributed by atoms with Crippen molar-refractivity contribution >= 4 is 28.4 Å². The Morgan fingerprint density at radius 3 is 2.65 bits per heavy atom. The van der Waals surface area contributed by atoms with E-state index in [9.17, 15) is 0 Å². The molecule has 0 fully saturated rings. The van der Waals surface area contributed by atoms with Crippen LogP contribution in [0.2, 0.25) is 5.02 Å². The first-order valence-electron chi connectivity index (χ1n) is 5.15. The van der Waals surface area contributed by atoms with Gasteiger partial charge in [-0.3, -0.25) is 0 Å². The standard InChI is InChI=1S/C13H9ClN2O/c14-9-5-3-7-11-12(9)17-13(16-11)8-4-1-2-6-10(8)15/h1-7H,15H2. The number of anilines is 1. The average Bonchev–Trinajstić information content (AvgIpc) is 2.75. The van der Waals surface area contributed by atoms with E-state index < -0.39 is 0 Å². The van der Waals surface area contributed by atoms with Gasteiger partial charge in [0.05, 0.1) is 10.6 Å². The van der Waals surface area contributed by atoms with Crippen LogP contribution in [0.1, 0.15) is 0 Å². The second-order valence-corrected chi connectivity index (χ2v) is 4.10. The van der Waals surface area contributed by atoms with Gasteiger partial charge in [0.15, 0.2) is 5.58 Å². The second-order valence-electron chi connectivity index (χ2n) is 3.69. The molecule has 0 aliphatic heterocycles. The van der Waals surface area contributed by atoms with Crippen molar-refractivity contribution in [1.29, 1.82) is 0 Å². The summed E-state index contributed by atoms with van der Waals surface area (Å²) in [4.78, 5) is 4.37. The molecule has 1 aromatic heterocycles. The Kier molecular flexibility index (Phi) is 2.27. The molecule has 0 radical (unpaired) electrons. The highest BCUT2D eigenvalue weighted by atomic mass is 35.5. The third-order valence-electron chi connectivity index (χ3n) is 2.56. The maximum atomic E-state index is 6.03. The Labute approximate surface area is 103 Å². The van der Waals surface area contributed by atoms with Crippen LogP contribution in [0.5, 0.6) is 0 Å².